The van der Waals surface area contributed by atoms with Crippen LogP contribution in [0.3, 0.4) is 0 Å². The Morgan fingerprint density at radius 2 is 1.96 bits per heavy atom. The van der Waals surface area contributed by atoms with E-state index in [1.807, 2.05) is 19.1 Å². The fourth-order valence-electron chi connectivity index (χ4n) is 4.66. The molecule has 3 aliphatic heterocycles. The van der Waals surface area contributed by atoms with Gasteiger partial charge in [0.2, 0.25) is 0 Å². The predicted octanol–water partition coefficient (Wildman–Crippen LogP) is 2.82. The molecule has 0 saturated carbocycles. The van der Waals surface area contributed by atoms with E-state index in [2.05, 4.69) is 25.7 Å². The molecule has 1 N–H and O–H groups in total. The zero-order valence-electron chi connectivity index (χ0n) is 16.9. The van der Waals surface area contributed by atoms with E-state index < -0.39 is 6.09 Å². The van der Waals surface area contributed by atoms with E-state index in [-0.39, 0.29) is 29.6 Å². The quantitative estimate of drug-likeness (QED) is 0.746. The molecule has 0 radical (unpaired) electrons. The number of carboxylic acid groups (broad SMARTS) is 1. The number of piperazine rings is 1. The van der Waals surface area contributed by atoms with Crippen LogP contribution >= 0.6 is 0 Å². The zero-order chi connectivity index (χ0) is 20.2. The summed E-state index contributed by atoms with van der Waals surface area (Å²) in [6, 6.07) is 4.00. The summed E-state index contributed by atoms with van der Waals surface area (Å²) in [6.07, 6.45) is -1.08. The predicted molar refractivity (Wildman–Crippen MR) is 102 cm³/mol. The number of carbonyl (C=O) groups excluding carboxylic acids is 1. The topological polar surface area (TPSA) is 79.3 Å². The fraction of sp³-hybridized carbons (Fsp3) is 0.619. The standard InChI is InChI=1S/C21H28N2O5/c1-12-7-15-13(11-27-19(15)24)8-14(12)17-10-22-5-6-23(20(25)26)9-16(22)18(28-17)21(2,3)4/h7-8,16-18H,5-6,9-11H2,1-4H3,(H,25,26)/t16-,17-,18?/m0/s1. The van der Waals surface area contributed by atoms with Crippen LogP contribution in [0.1, 0.15) is 53.9 Å². The highest BCUT2D eigenvalue weighted by atomic mass is 16.5. The summed E-state index contributed by atoms with van der Waals surface area (Å²) in [5, 5.41) is 9.42. The van der Waals surface area contributed by atoms with Gasteiger partial charge in [-0.05, 0) is 35.6 Å². The molecule has 1 aromatic rings. The molecule has 3 atom stereocenters. The number of ether oxygens (including phenoxy) is 2. The fourth-order valence-corrected chi connectivity index (χ4v) is 4.66. The van der Waals surface area contributed by atoms with Gasteiger partial charge in [-0.3, -0.25) is 4.90 Å². The van der Waals surface area contributed by atoms with Crippen molar-refractivity contribution >= 4 is 12.1 Å². The molecule has 1 aromatic carbocycles. The Morgan fingerprint density at radius 3 is 2.64 bits per heavy atom. The molecule has 3 aliphatic rings. The third-order valence-corrected chi connectivity index (χ3v) is 6.14. The van der Waals surface area contributed by atoms with Crippen molar-refractivity contribution in [1.29, 1.82) is 0 Å². The Bertz CT molecular complexity index is 816. The summed E-state index contributed by atoms with van der Waals surface area (Å²) >= 11 is 0. The maximum Gasteiger partial charge on any atom is 0.407 e. The Labute approximate surface area is 165 Å². The highest BCUT2D eigenvalue weighted by Gasteiger charge is 2.46. The van der Waals surface area contributed by atoms with Gasteiger partial charge in [0.25, 0.3) is 0 Å². The molecule has 0 spiro atoms. The van der Waals surface area contributed by atoms with Crippen LogP contribution in [0.25, 0.3) is 0 Å². The first-order valence-corrected chi connectivity index (χ1v) is 9.83. The van der Waals surface area contributed by atoms with E-state index in [9.17, 15) is 14.7 Å². The molecule has 2 saturated heterocycles. The van der Waals surface area contributed by atoms with Crippen molar-refractivity contribution in [2.45, 2.75) is 52.6 Å². The van der Waals surface area contributed by atoms with Gasteiger partial charge in [-0.2, -0.15) is 0 Å². The average Bonchev–Trinajstić information content (AvgIpc) is 2.98. The Balaban J connectivity index is 1.65. The van der Waals surface area contributed by atoms with Crippen molar-refractivity contribution in [2.24, 2.45) is 5.41 Å². The van der Waals surface area contributed by atoms with Gasteiger partial charge in [0.1, 0.15) is 6.61 Å². The molecule has 7 nitrogen and oxygen atoms in total. The van der Waals surface area contributed by atoms with Gasteiger partial charge < -0.3 is 19.5 Å². The van der Waals surface area contributed by atoms with Crippen LogP contribution in [-0.2, 0) is 16.1 Å². The molecule has 1 unspecified atom stereocenters. The van der Waals surface area contributed by atoms with Crippen molar-refractivity contribution in [3.63, 3.8) is 0 Å². The van der Waals surface area contributed by atoms with Crippen LogP contribution in [0.15, 0.2) is 12.1 Å². The third-order valence-electron chi connectivity index (χ3n) is 6.14. The number of rotatable bonds is 1. The van der Waals surface area contributed by atoms with E-state index >= 15 is 0 Å². The molecule has 1 amide bonds. The second-order valence-corrected chi connectivity index (χ2v) is 9.14. The number of aryl methyl sites for hydroxylation is 1. The molecule has 2 fully saturated rings. The number of hydrogen-bond acceptors (Lipinski definition) is 5. The number of esters is 1. The van der Waals surface area contributed by atoms with E-state index in [0.717, 1.165) is 23.2 Å². The first kappa shape index (κ1) is 19.2. The maximum absolute atomic E-state index is 11.8. The van der Waals surface area contributed by atoms with Gasteiger partial charge in [-0.25, -0.2) is 9.59 Å². The van der Waals surface area contributed by atoms with Crippen LogP contribution in [-0.4, -0.2) is 65.3 Å². The van der Waals surface area contributed by atoms with Crippen molar-refractivity contribution in [2.75, 3.05) is 26.2 Å². The van der Waals surface area contributed by atoms with Gasteiger partial charge in [-0.15, -0.1) is 0 Å². The molecule has 152 valence electrons. The van der Waals surface area contributed by atoms with Crippen molar-refractivity contribution < 1.29 is 24.2 Å². The van der Waals surface area contributed by atoms with E-state index in [0.29, 0.717) is 31.8 Å². The molecule has 0 aliphatic carbocycles. The minimum Gasteiger partial charge on any atom is -0.465 e. The lowest BCUT2D eigenvalue weighted by atomic mass is 9.81. The van der Waals surface area contributed by atoms with Gasteiger partial charge >= 0.3 is 12.1 Å². The number of morpholine rings is 1. The molecule has 7 heteroatoms. The summed E-state index contributed by atoms with van der Waals surface area (Å²) < 4.78 is 11.8. The molecule has 3 heterocycles. The largest absolute Gasteiger partial charge is 0.465 e. The second kappa shape index (κ2) is 6.74. The SMILES string of the molecule is Cc1cc2c(cc1[C@@H]1CN3CCN(C(=O)O)C[C@H]3C(C(C)(C)C)O1)COC2=O. The number of amides is 1. The lowest BCUT2D eigenvalue weighted by Crippen LogP contribution is -2.65. The van der Waals surface area contributed by atoms with E-state index in [4.69, 9.17) is 9.47 Å². The van der Waals surface area contributed by atoms with Crippen LogP contribution in [0.5, 0.6) is 0 Å². The van der Waals surface area contributed by atoms with Gasteiger partial charge in [-0.1, -0.05) is 20.8 Å². The lowest BCUT2D eigenvalue weighted by molar-refractivity contribution is -0.173. The molecule has 0 bridgehead atoms. The first-order chi connectivity index (χ1) is 13.1. The molecule has 4 rings (SSSR count). The minimum absolute atomic E-state index is 0.0424. The van der Waals surface area contributed by atoms with E-state index in [1.165, 1.54) is 4.90 Å². The molecular formula is C21H28N2O5. The number of fused-ring (bicyclic) bond motifs is 2. The smallest absolute Gasteiger partial charge is 0.407 e. The monoisotopic (exact) mass is 388 g/mol. The van der Waals surface area contributed by atoms with Crippen molar-refractivity contribution in [3.05, 3.63) is 34.4 Å². The Morgan fingerprint density at radius 1 is 1.21 bits per heavy atom. The van der Waals surface area contributed by atoms with Gasteiger partial charge in [0.05, 0.1) is 23.8 Å². The summed E-state index contributed by atoms with van der Waals surface area (Å²) in [5.41, 5.74) is 3.55. The first-order valence-electron chi connectivity index (χ1n) is 9.83. The van der Waals surface area contributed by atoms with Crippen LogP contribution in [0, 0.1) is 12.3 Å². The molecule has 28 heavy (non-hydrogen) atoms. The Kier molecular flexibility index (Phi) is 4.62. The number of hydrogen-bond donors (Lipinski definition) is 1. The van der Waals surface area contributed by atoms with Crippen molar-refractivity contribution in [3.8, 4) is 0 Å². The minimum atomic E-state index is -0.867. The second-order valence-electron chi connectivity index (χ2n) is 9.14. The normalized spacial score (nSPS) is 27.9. The van der Waals surface area contributed by atoms with Crippen LogP contribution in [0.2, 0.25) is 0 Å². The Hall–Kier alpha value is -2.12. The summed E-state index contributed by atoms with van der Waals surface area (Å²) in [5.74, 6) is -0.258. The van der Waals surface area contributed by atoms with Gasteiger partial charge in [0, 0.05) is 31.7 Å². The number of benzene rings is 1. The maximum atomic E-state index is 11.8. The number of nitrogens with zero attached hydrogens (tertiary/aromatic N) is 2. The summed E-state index contributed by atoms with van der Waals surface area (Å²) in [4.78, 5) is 27.2. The summed E-state index contributed by atoms with van der Waals surface area (Å²) in [7, 11) is 0. The molecule has 0 aromatic heterocycles. The zero-order valence-corrected chi connectivity index (χ0v) is 16.9. The van der Waals surface area contributed by atoms with Crippen LogP contribution < -0.4 is 0 Å². The molecular weight excluding hydrogens is 360 g/mol. The number of cyclic esters (lactones) is 1. The third kappa shape index (κ3) is 3.26. The highest BCUT2D eigenvalue weighted by Crippen LogP contribution is 2.40. The number of carbonyl (C=O) groups is 2. The summed E-state index contributed by atoms with van der Waals surface area (Å²) in [6.45, 7) is 11.1. The average molecular weight is 388 g/mol. The van der Waals surface area contributed by atoms with Crippen LogP contribution in [0.4, 0.5) is 4.79 Å². The lowest BCUT2D eigenvalue weighted by Gasteiger charge is -2.53. The van der Waals surface area contributed by atoms with Crippen molar-refractivity contribution in [1.82, 2.24) is 9.80 Å². The highest BCUT2D eigenvalue weighted by molar-refractivity contribution is 5.93. The van der Waals surface area contributed by atoms with Gasteiger partial charge in [0.15, 0.2) is 0 Å². The van der Waals surface area contributed by atoms with E-state index in [1.54, 1.807) is 0 Å².